The highest BCUT2D eigenvalue weighted by Crippen LogP contribution is 2.16. The summed E-state index contributed by atoms with van der Waals surface area (Å²) >= 11 is 0. The highest BCUT2D eigenvalue weighted by molar-refractivity contribution is 6.07. The van der Waals surface area contributed by atoms with Crippen molar-refractivity contribution in [2.75, 3.05) is 0 Å². The van der Waals surface area contributed by atoms with Crippen LogP contribution in [0.3, 0.4) is 0 Å². The summed E-state index contributed by atoms with van der Waals surface area (Å²) < 4.78 is 0. The zero-order valence-electron chi connectivity index (χ0n) is 10.6. The number of carbonyl (C=O) groups excluding carboxylic acids is 2. The van der Waals surface area contributed by atoms with Gasteiger partial charge < -0.3 is 11.1 Å². The molecule has 1 aromatic heterocycles. The van der Waals surface area contributed by atoms with Gasteiger partial charge in [0.1, 0.15) is 6.04 Å². The lowest BCUT2D eigenvalue weighted by Gasteiger charge is -2.14. The van der Waals surface area contributed by atoms with Crippen molar-refractivity contribution in [1.29, 1.82) is 0 Å². The Kier molecular flexibility index (Phi) is 3.75. The minimum absolute atomic E-state index is 0.316. The van der Waals surface area contributed by atoms with E-state index in [4.69, 9.17) is 5.73 Å². The lowest BCUT2D eigenvalue weighted by atomic mass is 10.1. The van der Waals surface area contributed by atoms with Crippen molar-refractivity contribution in [3.05, 3.63) is 42.1 Å². The second-order valence-electron chi connectivity index (χ2n) is 4.21. The fourth-order valence-corrected chi connectivity index (χ4v) is 1.90. The van der Waals surface area contributed by atoms with Crippen molar-refractivity contribution in [1.82, 2.24) is 10.3 Å². The molecule has 0 saturated heterocycles. The van der Waals surface area contributed by atoms with Crippen molar-refractivity contribution >= 4 is 22.7 Å². The van der Waals surface area contributed by atoms with E-state index in [2.05, 4.69) is 10.3 Å². The van der Waals surface area contributed by atoms with Crippen LogP contribution in [0.4, 0.5) is 0 Å². The molecule has 2 amide bonds. The van der Waals surface area contributed by atoms with Crippen LogP contribution >= 0.6 is 0 Å². The van der Waals surface area contributed by atoms with E-state index >= 15 is 0 Å². The number of hydrogen-bond donors (Lipinski definition) is 2. The second-order valence-corrected chi connectivity index (χ2v) is 4.21. The van der Waals surface area contributed by atoms with Crippen LogP contribution in [0.2, 0.25) is 0 Å². The summed E-state index contributed by atoms with van der Waals surface area (Å²) in [4.78, 5) is 27.5. The number of nitrogens with zero attached hydrogens (tertiary/aromatic N) is 1. The smallest absolute Gasteiger partial charge is 0.252 e. The molecular weight excluding hydrogens is 242 g/mol. The maximum Gasteiger partial charge on any atom is 0.252 e. The molecule has 1 atom stereocenters. The van der Waals surface area contributed by atoms with Gasteiger partial charge in [-0.3, -0.25) is 14.6 Å². The van der Waals surface area contributed by atoms with Crippen molar-refractivity contribution in [3.8, 4) is 0 Å². The van der Waals surface area contributed by atoms with Gasteiger partial charge in [-0.2, -0.15) is 0 Å². The molecule has 0 aliphatic rings. The number of amides is 2. The van der Waals surface area contributed by atoms with Crippen molar-refractivity contribution in [2.45, 2.75) is 19.4 Å². The predicted octanol–water partition coefficient (Wildman–Crippen LogP) is 1.23. The molecule has 1 heterocycles. The molecule has 19 heavy (non-hydrogen) atoms. The standard InChI is InChI=1S/C14H15N3O2/c1-2-11(13(15)18)17-14(19)10-7-8-16-12-6-4-3-5-9(10)12/h3-8,11H,2H2,1H3,(H2,15,18)(H,17,19)/t11-/m1/s1. The van der Waals surface area contributed by atoms with Gasteiger partial charge in [0.05, 0.1) is 11.1 Å². The van der Waals surface area contributed by atoms with E-state index in [9.17, 15) is 9.59 Å². The number of para-hydroxylation sites is 1. The SMILES string of the molecule is CC[C@@H](NC(=O)c1ccnc2ccccc12)C(N)=O. The molecule has 0 fully saturated rings. The van der Waals surface area contributed by atoms with Gasteiger partial charge in [-0.1, -0.05) is 25.1 Å². The quantitative estimate of drug-likeness (QED) is 0.863. The van der Waals surface area contributed by atoms with Gasteiger partial charge in [-0.15, -0.1) is 0 Å². The first-order valence-electron chi connectivity index (χ1n) is 6.07. The maximum atomic E-state index is 12.2. The normalized spacial score (nSPS) is 12.1. The van der Waals surface area contributed by atoms with Crippen molar-refractivity contribution in [2.24, 2.45) is 5.73 Å². The number of rotatable bonds is 4. The van der Waals surface area contributed by atoms with E-state index in [1.165, 1.54) is 0 Å². The van der Waals surface area contributed by atoms with Gasteiger partial charge in [-0.05, 0) is 18.6 Å². The molecule has 0 saturated carbocycles. The molecule has 2 rings (SSSR count). The summed E-state index contributed by atoms with van der Waals surface area (Å²) in [6, 6.07) is 8.33. The Balaban J connectivity index is 2.34. The van der Waals surface area contributed by atoms with E-state index < -0.39 is 11.9 Å². The first-order valence-corrected chi connectivity index (χ1v) is 6.07. The topological polar surface area (TPSA) is 85.1 Å². The van der Waals surface area contributed by atoms with Crippen LogP contribution in [0.1, 0.15) is 23.7 Å². The van der Waals surface area contributed by atoms with E-state index in [0.717, 1.165) is 10.9 Å². The number of fused-ring (bicyclic) bond motifs is 1. The Bertz CT molecular complexity index is 620. The summed E-state index contributed by atoms with van der Waals surface area (Å²) in [7, 11) is 0. The van der Waals surface area contributed by atoms with Gasteiger partial charge in [0.2, 0.25) is 5.91 Å². The average molecular weight is 257 g/mol. The van der Waals surface area contributed by atoms with Crippen LogP contribution < -0.4 is 11.1 Å². The Hall–Kier alpha value is -2.43. The van der Waals surface area contributed by atoms with E-state index in [0.29, 0.717) is 12.0 Å². The van der Waals surface area contributed by atoms with Crippen molar-refractivity contribution in [3.63, 3.8) is 0 Å². The first-order chi connectivity index (χ1) is 9.13. The molecule has 2 aromatic rings. The number of pyridine rings is 1. The van der Waals surface area contributed by atoms with E-state index in [-0.39, 0.29) is 5.91 Å². The number of aromatic nitrogens is 1. The molecule has 0 aliphatic carbocycles. The molecule has 1 aromatic carbocycles. The molecule has 3 N–H and O–H groups in total. The molecule has 0 unspecified atom stereocenters. The van der Waals surface area contributed by atoms with Crippen LogP contribution in [-0.2, 0) is 4.79 Å². The summed E-state index contributed by atoms with van der Waals surface area (Å²) in [6.45, 7) is 1.79. The maximum absolute atomic E-state index is 12.2. The third-order valence-corrected chi connectivity index (χ3v) is 2.95. The monoisotopic (exact) mass is 257 g/mol. The Morgan fingerprint density at radius 3 is 2.74 bits per heavy atom. The fraction of sp³-hybridized carbons (Fsp3) is 0.214. The zero-order valence-corrected chi connectivity index (χ0v) is 10.6. The third kappa shape index (κ3) is 2.70. The van der Waals surface area contributed by atoms with Crippen LogP contribution in [0, 0.1) is 0 Å². The molecule has 0 bridgehead atoms. The molecule has 0 radical (unpaired) electrons. The van der Waals surface area contributed by atoms with Gasteiger partial charge in [0, 0.05) is 11.6 Å². The number of carbonyl (C=O) groups is 2. The lowest BCUT2D eigenvalue weighted by molar-refractivity contribution is -0.119. The lowest BCUT2D eigenvalue weighted by Crippen LogP contribution is -2.44. The highest BCUT2D eigenvalue weighted by Gasteiger charge is 2.18. The minimum Gasteiger partial charge on any atom is -0.368 e. The van der Waals surface area contributed by atoms with Gasteiger partial charge >= 0.3 is 0 Å². The largest absolute Gasteiger partial charge is 0.368 e. The number of hydrogen-bond acceptors (Lipinski definition) is 3. The van der Waals surface area contributed by atoms with E-state index in [1.807, 2.05) is 24.3 Å². The molecule has 5 nitrogen and oxygen atoms in total. The Morgan fingerprint density at radius 1 is 1.32 bits per heavy atom. The summed E-state index contributed by atoms with van der Waals surface area (Å²) in [5.41, 5.74) is 6.45. The number of nitrogens with two attached hydrogens (primary N) is 1. The highest BCUT2D eigenvalue weighted by atomic mass is 16.2. The molecule has 0 aliphatic heterocycles. The summed E-state index contributed by atoms with van der Waals surface area (Å²) in [5.74, 6) is -0.849. The van der Waals surface area contributed by atoms with Gasteiger partial charge in [0.25, 0.3) is 5.91 Å². The van der Waals surface area contributed by atoms with Crippen LogP contribution in [0.5, 0.6) is 0 Å². The summed E-state index contributed by atoms with van der Waals surface area (Å²) in [6.07, 6.45) is 2.03. The minimum atomic E-state index is -0.653. The van der Waals surface area contributed by atoms with Gasteiger partial charge in [-0.25, -0.2) is 0 Å². The fourth-order valence-electron chi connectivity index (χ4n) is 1.90. The zero-order chi connectivity index (χ0) is 13.8. The Morgan fingerprint density at radius 2 is 2.05 bits per heavy atom. The second kappa shape index (κ2) is 5.48. The molecular formula is C14H15N3O2. The number of benzene rings is 1. The van der Waals surface area contributed by atoms with Crippen LogP contribution in [-0.4, -0.2) is 22.8 Å². The first kappa shape index (κ1) is 13.0. The molecule has 5 heteroatoms. The third-order valence-electron chi connectivity index (χ3n) is 2.95. The number of primary amides is 1. The summed E-state index contributed by atoms with van der Waals surface area (Å²) in [5, 5.41) is 3.38. The number of nitrogens with one attached hydrogen (secondary N) is 1. The van der Waals surface area contributed by atoms with Gasteiger partial charge in [0.15, 0.2) is 0 Å². The predicted molar refractivity (Wildman–Crippen MR) is 72.5 cm³/mol. The van der Waals surface area contributed by atoms with E-state index in [1.54, 1.807) is 19.2 Å². The average Bonchev–Trinajstić information content (AvgIpc) is 2.43. The molecule has 0 spiro atoms. The van der Waals surface area contributed by atoms with Crippen LogP contribution in [0.15, 0.2) is 36.5 Å². The Labute approximate surface area is 110 Å². The van der Waals surface area contributed by atoms with Crippen LogP contribution in [0.25, 0.3) is 10.9 Å². The molecule has 98 valence electrons. The van der Waals surface area contributed by atoms with Crippen molar-refractivity contribution < 1.29 is 9.59 Å².